The van der Waals surface area contributed by atoms with Crippen molar-refractivity contribution in [2.45, 2.75) is 20.3 Å². The van der Waals surface area contributed by atoms with Gasteiger partial charge in [0.1, 0.15) is 5.82 Å². The highest BCUT2D eigenvalue weighted by molar-refractivity contribution is 5.92. The van der Waals surface area contributed by atoms with Gasteiger partial charge in [0, 0.05) is 26.3 Å². The molecular formula is C13H24N4O2. The molecule has 0 aliphatic heterocycles. The Morgan fingerprint density at radius 2 is 2.21 bits per heavy atom. The second-order valence-electron chi connectivity index (χ2n) is 4.67. The minimum atomic E-state index is -0.0312. The molecule has 0 atom stereocenters. The van der Waals surface area contributed by atoms with Gasteiger partial charge in [-0.15, -0.1) is 0 Å². The van der Waals surface area contributed by atoms with Gasteiger partial charge in [0.05, 0.1) is 18.8 Å². The van der Waals surface area contributed by atoms with Crippen LogP contribution in [0.3, 0.4) is 0 Å². The number of rotatable bonds is 7. The van der Waals surface area contributed by atoms with Crippen LogP contribution in [0.15, 0.2) is 0 Å². The number of amides is 1. The molecule has 0 fully saturated rings. The monoisotopic (exact) mass is 268 g/mol. The molecule has 1 N–H and O–H groups in total. The molecule has 0 aromatic carbocycles. The van der Waals surface area contributed by atoms with Crippen molar-refractivity contribution in [2.24, 2.45) is 7.05 Å². The van der Waals surface area contributed by atoms with Gasteiger partial charge in [0.15, 0.2) is 0 Å². The Kier molecular flexibility index (Phi) is 5.98. The molecule has 19 heavy (non-hydrogen) atoms. The second kappa shape index (κ2) is 7.25. The molecule has 0 aliphatic rings. The topological polar surface area (TPSA) is 59.4 Å². The zero-order chi connectivity index (χ0) is 14.4. The van der Waals surface area contributed by atoms with Crippen LogP contribution < -0.4 is 5.32 Å². The van der Waals surface area contributed by atoms with E-state index < -0.39 is 0 Å². The smallest absolute Gasteiger partial charge is 0.239 e. The summed E-state index contributed by atoms with van der Waals surface area (Å²) in [6, 6.07) is 0. The number of nitrogens with one attached hydrogen (secondary N) is 1. The van der Waals surface area contributed by atoms with Crippen molar-refractivity contribution in [1.29, 1.82) is 0 Å². The maximum Gasteiger partial charge on any atom is 0.239 e. The van der Waals surface area contributed by atoms with Crippen molar-refractivity contribution in [1.82, 2.24) is 14.7 Å². The Morgan fingerprint density at radius 1 is 1.53 bits per heavy atom. The van der Waals surface area contributed by atoms with Crippen molar-refractivity contribution in [3.05, 3.63) is 11.3 Å². The molecule has 0 aliphatic carbocycles. The van der Waals surface area contributed by atoms with Crippen LogP contribution in [0.25, 0.3) is 0 Å². The maximum atomic E-state index is 12.0. The third-order valence-corrected chi connectivity index (χ3v) is 3.05. The predicted molar refractivity (Wildman–Crippen MR) is 75.3 cm³/mol. The molecule has 0 saturated heterocycles. The molecule has 0 bridgehead atoms. The number of carbonyl (C=O) groups is 1. The number of carbonyl (C=O) groups excluding carboxylic acids is 1. The van der Waals surface area contributed by atoms with Gasteiger partial charge in [-0.3, -0.25) is 14.4 Å². The molecule has 1 amide bonds. The molecule has 108 valence electrons. The summed E-state index contributed by atoms with van der Waals surface area (Å²) in [7, 11) is 5.39. The van der Waals surface area contributed by atoms with E-state index in [1.54, 1.807) is 11.8 Å². The van der Waals surface area contributed by atoms with Gasteiger partial charge in [-0.1, -0.05) is 6.92 Å². The van der Waals surface area contributed by atoms with E-state index in [0.717, 1.165) is 30.0 Å². The Hall–Kier alpha value is -1.40. The summed E-state index contributed by atoms with van der Waals surface area (Å²) in [5.41, 5.74) is 2.06. The van der Waals surface area contributed by atoms with E-state index in [9.17, 15) is 4.79 Å². The molecule has 6 nitrogen and oxygen atoms in total. The van der Waals surface area contributed by atoms with E-state index >= 15 is 0 Å². The first kappa shape index (κ1) is 15.7. The SMILES string of the molecule is CCc1c(C)nn(C)c1NC(=O)CN(C)CCOC. The summed E-state index contributed by atoms with van der Waals surface area (Å²) in [5.74, 6) is 0.765. The van der Waals surface area contributed by atoms with Gasteiger partial charge >= 0.3 is 0 Å². The lowest BCUT2D eigenvalue weighted by Crippen LogP contribution is -2.33. The summed E-state index contributed by atoms with van der Waals surface area (Å²) >= 11 is 0. The Balaban J connectivity index is 2.62. The lowest BCUT2D eigenvalue weighted by molar-refractivity contribution is -0.117. The van der Waals surface area contributed by atoms with Crippen LogP contribution in [0.5, 0.6) is 0 Å². The van der Waals surface area contributed by atoms with Crippen LogP contribution >= 0.6 is 0 Å². The number of aryl methyl sites for hydroxylation is 2. The van der Waals surface area contributed by atoms with Crippen LogP contribution in [0.4, 0.5) is 5.82 Å². The molecular weight excluding hydrogens is 244 g/mol. The van der Waals surface area contributed by atoms with Crippen molar-refractivity contribution in [2.75, 3.05) is 39.2 Å². The first-order valence-corrected chi connectivity index (χ1v) is 6.49. The molecule has 6 heteroatoms. The summed E-state index contributed by atoms with van der Waals surface area (Å²) < 4.78 is 6.71. The van der Waals surface area contributed by atoms with Gasteiger partial charge in [-0.25, -0.2) is 0 Å². The predicted octanol–water partition coefficient (Wildman–Crippen LogP) is 0.808. The number of nitrogens with zero attached hydrogens (tertiary/aromatic N) is 3. The average Bonchev–Trinajstić information content (AvgIpc) is 2.61. The third-order valence-electron chi connectivity index (χ3n) is 3.05. The zero-order valence-electron chi connectivity index (χ0n) is 12.5. The highest BCUT2D eigenvalue weighted by Crippen LogP contribution is 2.18. The van der Waals surface area contributed by atoms with Gasteiger partial charge in [0.2, 0.25) is 5.91 Å². The fourth-order valence-electron chi connectivity index (χ4n) is 2.02. The number of aromatic nitrogens is 2. The van der Waals surface area contributed by atoms with Crippen LogP contribution in [0.2, 0.25) is 0 Å². The second-order valence-corrected chi connectivity index (χ2v) is 4.67. The fraction of sp³-hybridized carbons (Fsp3) is 0.692. The number of ether oxygens (including phenoxy) is 1. The van der Waals surface area contributed by atoms with E-state index in [4.69, 9.17) is 4.74 Å². The van der Waals surface area contributed by atoms with Gasteiger partial charge in [-0.2, -0.15) is 5.10 Å². The Morgan fingerprint density at radius 3 is 2.79 bits per heavy atom. The molecule has 1 aromatic rings. The largest absolute Gasteiger partial charge is 0.383 e. The van der Waals surface area contributed by atoms with Gasteiger partial charge < -0.3 is 10.1 Å². The highest BCUT2D eigenvalue weighted by atomic mass is 16.5. The summed E-state index contributed by atoms with van der Waals surface area (Å²) in [6.45, 7) is 5.71. The average molecular weight is 268 g/mol. The summed E-state index contributed by atoms with van der Waals surface area (Å²) in [4.78, 5) is 13.9. The van der Waals surface area contributed by atoms with Crippen molar-refractivity contribution in [3.63, 3.8) is 0 Å². The standard InChI is InChI=1S/C13H24N4O2/c1-6-11-10(2)15-17(4)13(11)14-12(18)9-16(3)7-8-19-5/h6-9H2,1-5H3,(H,14,18). The Labute approximate surface area is 114 Å². The van der Waals surface area contributed by atoms with Gasteiger partial charge in [-0.05, 0) is 20.4 Å². The van der Waals surface area contributed by atoms with Crippen LogP contribution in [-0.2, 0) is 23.0 Å². The van der Waals surface area contributed by atoms with E-state index in [2.05, 4.69) is 17.3 Å². The normalized spacial score (nSPS) is 11.1. The van der Waals surface area contributed by atoms with E-state index in [1.807, 2.05) is 25.9 Å². The molecule has 1 aromatic heterocycles. The molecule has 1 rings (SSSR count). The number of hydrogen-bond donors (Lipinski definition) is 1. The van der Waals surface area contributed by atoms with Crippen molar-refractivity contribution < 1.29 is 9.53 Å². The number of likely N-dealkylation sites (N-methyl/N-ethyl adjacent to an activating group) is 1. The third kappa shape index (κ3) is 4.33. The molecule has 0 saturated carbocycles. The van der Waals surface area contributed by atoms with Crippen LogP contribution in [0.1, 0.15) is 18.2 Å². The lowest BCUT2D eigenvalue weighted by Gasteiger charge is -2.16. The molecule has 1 heterocycles. The zero-order valence-corrected chi connectivity index (χ0v) is 12.5. The fourth-order valence-corrected chi connectivity index (χ4v) is 2.02. The quantitative estimate of drug-likeness (QED) is 0.795. The summed E-state index contributed by atoms with van der Waals surface area (Å²) in [6.07, 6.45) is 0.856. The first-order valence-electron chi connectivity index (χ1n) is 6.49. The summed E-state index contributed by atoms with van der Waals surface area (Å²) in [5, 5.41) is 7.27. The molecule has 0 unspecified atom stereocenters. The number of anilines is 1. The van der Waals surface area contributed by atoms with Crippen molar-refractivity contribution in [3.8, 4) is 0 Å². The minimum absolute atomic E-state index is 0.0312. The van der Waals surface area contributed by atoms with Crippen LogP contribution in [-0.4, -0.2) is 54.4 Å². The number of methoxy groups -OCH3 is 1. The number of hydrogen-bond acceptors (Lipinski definition) is 4. The van der Waals surface area contributed by atoms with E-state index in [-0.39, 0.29) is 5.91 Å². The highest BCUT2D eigenvalue weighted by Gasteiger charge is 2.15. The van der Waals surface area contributed by atoms with E-state index in [1.165, 1.54) is 0 Å². The van der Waals surface area contributed by atoms with Crippen molar-refractivity contribution >= 4 is 11.7 Å². The minimum Gasteiger partial charge on any atom is -0.383 e. The maximum absolute atomic E-state index is 12.0. The molecule has 0 spiro atoms. The molecule has 0 radical (unpaired) electrons. The van der Waals surface area contributed by atoms with Crippen LogP contribution in [0, 0.1) is 6.92 Å². The first-order chi connectivity index (χ1) is 8.99. The van der Waals surface area contributed by atoms with Gasteiger partial charge in [0.25, 0.3) is 0 Å². The van der Waals surface area contributed by atoms with E-state index in [0.29, 0.717) is 13.2 Å². The Bertz CT molecular complexity index is 429. The lowest BCUT2D eigenvalue weighted by atomic mass is 10.2.